The molecule has 3 rings (SSSR count). The van der Waals surface area contributed by atoms with Gasteiger partial charge in [0.25, 0.3) is 0 Å². The van der Waals surface area contributed by atoms with Gasteiger partial charge in [-0.05, 0) is 24.5 Å². The van der Waals surface area contributed by atoms with Crippen LogP contribution in [0.2, 0.25) is 0 Å². The number of hydrogen-bond acceptors (Lipinski definition) is 4. The quantitative estimate of drug-likeness (QED) is 0.863. The Hall–Kier alpha value is -1.39. The molecule has 1 fully saturated rings. The van der Waals surface area contributed by atoms with Gasteiger partial charge in [-0.15, -0.1) is 11.3 Å². The topological polar surface area (TPSA) is 48.1 Å². The molecule has 1 aliphatic rings. The smallest absolute Gasteiger partial charge is 0.119 e. The summed E-state index contributed by atoms with van der Waals surface area (Å²) >= 11 is 1.68. The Bertz CT molecular complexity index is 605. The van der Waals surface area contributed by atoms with E-state index in [1.807, 2.05) is 18.2 Å². The van der Waals surface area contributed by atoms with Crippen molar-refractivity contribution in [3.05, 3.63) is 34.7 Å². The Morgan fingerprint density at radius 1 is 1.32 bits per heavy atom. The molecule has 0 amide bonds. The molecule has 1 aromatic heterocycles. The summed E-state index contributed by atoms with van der Waals surface area (Å²) in [4.78, 5) is 4.76. The molecule has 118 valence electrons. The highest BCUT2D eigenvalue weighted by Crippen LogP contribution is 2.33. The van der Waals surface area contributed by atoms with Crippen molar-refractivity contribution < 1.29 is 4.74 Å². The van der Waals surface area contributed by atoms with Crippen LogP contribution in [0.4, 0.5) is 0 Å². The van der Waals surface area contributed by atoms with Crippen molar-refractivity contribution in [3.8, 4) is 17.0 Å². The van der Waals surface area contributed by atoms with Crippen LogP contribution in [-0.2, 0) is 0 Å². The zero-order chi connectivity index (χ0) is 15.4. The molecule has 1 aromatic carbocycles. The highest BCUT2D eigenvalue weighted by atomic mass is 32.1. The van der Waals surface area contributed by atoms with Gasteiger partial charge in [0.1, 0.15) is 10.8 Å². The third-order valence-electron chi connectivity index (χ3n) is 4.52. The van der Waals surface area contributed by atoms with Crippen LogP contribution in [0.1, 0.15) is 49.6 Å². The van der Waals surface area contributed by atoms with E-state index in [4.69, 9.17) is 15.5 Å². The lowest BCUT2D eigenvalue weighted by atomic mass is 9.85. The van der Waals surface area contributed by atoms with Gasteiger partial charge >= 0.3 is 0 Å². The number of ether oxygens (including phenoxy) is 1. The lowest BCUT2D eigenvalue weighted by Gasteiger charge is -2.23. The van der Waals surface area contributed by atoms with E-state index in [9.17, 15) is 0 Å². The highest BCUT2D eigenvalue weighted by molar-refractivity contribution is 7.10. The summed E-state index contributed by atoms with van der Waals surface area (Å²) < 4.78 is 5.28. The summed E-state index contributed by atoms with van der Waals surface area (Å²) in [5.74, 6) is 1.64. The first kappa shape index (κ1) is 15.5. The van der Waals surface area contributed by atoms with E-state index in [1.165, 1.54) is 32.1 Å². The molecule has 1 unspecified atom stereocenters. The number of rotatable bonds is 5. The van der Waals surface area contributed by atoms with Gasteiger partial charge in [0, 0.05) is 10.9 Å². The highest BCUT2D eigenvalue weighted by Gasteiger charge is 2.20. The third-order valence-corrected chi connectivity index (χ3v) is 5.49. The number of benzene rings is 1. The van der Waals surface area contributed by atoms with Crippen LogP contribution in [0.15, 0.2) is 29.6 Å². The predicted octanol–water partition coefficient (Wildman–Crippen LogP) is 4.79. The zero-order valence-electron chi connectivity index (χ0n) is 13.1. The molecule has 3 nitrogen and oxygen atoms in total. The molecule has 0 spiro atoms. The third kappa shape index (κ3) is 3.68. The molecule has 1 heterocycles. The van der Waals surface area contributed by atoms with Crippen LogP contribution in [0.3, 0.4) is 0 Å². The molecule has 1 saturated carbocycles. The first-order valence-electron chi connectivity index (χ1n) is 8.11. The van der Waals surface area contributed by atoms with Crippen molar-refractivity contribution in [1.82, 2.24) is 4.98 Å². The average Bonchev–Trinajstić information content (AvgIpc) is 3.06. The number of methoxy groups -OCH3 is 1. The Morgan fingerprint density at radius 2 is 2.14 bits per heavy atom. The Kier molecular flexibility index (Phi) is 5.11. The fraction of sp³-hybridized carbons (Fsp3) is 0.500. The van der Waals surface area contributed by atoms with Gasteiger partial charge in [-0.25, -0.2) is 4.98 Å². The molecule has 2 N–H and O–H groups in total. The molecule has 2 aromatic rings. The Balaban J connectivity index is 1.69. The lowest BCUT2D eigenvalue weighted by molar-refractivity contribution is 0.319. The van der Waals surface area contributed by atoms with Gasteiger partial charge in [0.15, 0.2) is 0 Å². The van der Waals surface area contributed by atoms with Gasteiger partial charge in [-0.2, -0.15) is 0 Å². The molecule has 22 heavy (non-hydrogen) atoms. The van der Waals surface area contributed by atoms with Crippen molar-refractivity contribution in [2.45, 2.75) is 44.6 Å². The fourth-order valence-electron chi connectivity index (χ4n) is 3.26. The van der Waals surface area contributed by atoms with E-state index in [-0.39, 0.29) is 6.04 Å². The number of nitrogens with two attached hydrogens (primary N) is 1. The van der Waals surface area contributed by atoms with Crippen LogP contribution in [0.25, 0.3) is 11.3 Å². The van der Waals surface area contributed by atoms with Crippen molar-refractivity contribution in [2.75, 3.05) is 7.11 Å². The van der Waals surface area contributed by atoms with Crippen molar-refractivity contribution >= 4 is 11.3 Å². The maximum Gasteiger partial charge on any atom is 0.119 e. The van der Waals surface area contributed by atoms with Crippen LogP contribution in [0.5, 0.6) is 5.75 Å². The second-order valence-corrected chi connectivity index (χ2v) is 7.04. The van der Waals surface area contributed by atoms with E-state index in [2.05, 4.69) is 11.4 Å². The van der Waals surface area contributed by atoms with E-state index in [0.29, 0.717) is 0 Å². The number of hydrogen-bond donors (Lipinski definition) is 1. The van der Waals surface area contributed by atoms with Gasteiger partial charge in [-0.3, -0.25) is 0 Å². The van der Waals surface area contributed by atoms with Crippen LogP contribution in [-0.4, -0.2) is 12.1 Å². The summed E-state index contributed by atoms with van der Waals surface area (Å²) in [5, 5.41) is 3.16. The normalized spacial score (nSPS) is 17.4. The molecule has 1 aliphatic carbocycles. The summed E-state index contributed by atoms with van der Waals surface area (Å²) in [6.45, 7) is 0. The van der Waals surface area contributed by atoms with E-state index < -0.39 is 0 Å². The Labute approximate surface area is 136 Å². The maximum atomic E-state index is 6.40. The zero-order valence-corrected chi connectivity index (χ0v) is 13.9. The second-order valence-electron chi connectivity index (χ2n) is 6.15. The molecular weight excluding hydrogens is 292 g/mol. The molecule has 4 heteroatoms. The standard InChI is InChI=1S/C18H24N2OS/c1-21-15-9-5-8-14(11-15)17-12-22-18(20-17)16(19)10-13-6-3-2-4-7-13/h5,8-9,11-13,16H,2-4,6-7,10,19H2,1H3. The summed E-state index contributed by atoms with van der Waals surface area (Å²) in [6, 6.07) is 8.10. The minimum atomic E-state index is 0.0763. The monoisotopic (exact) mass is 316 g/mol. The van der Waals surface area contributed by atoms with E-state index in [1.54, 1.807) is 18.4 Å². The molecule has 0 bridgehead atoms. The SMILES string of the molecule is COc1cccc(-c2csc(C(N)CC3CCCCC3)n2)c1. The lowest BCUT2D eigenvalue weighted by Crippen LogP contribution is -2.17. The minimum Gasteiger partial charge on any atom is -0.497 e. The van der Waals surface area contributed by atoms with E-state index >= 15 is 0 Å². The number of thiazole rings is 1. The van der Waals surface area contributed by atoms with Crippen molar-refractivity contribution in [3.63, 3.8) is 0 Å². The maximum absolute atomic E-state index is 6.40. The average molecular weight is 316 g/mol. The van der Waals surface area contributed by atoms with Gasteiger partial charge in [0.2, 0.25) is 0 Å². The van der Waals surface area contributed by atoms with Crippen molar-refractivity contribution in [2.24, 2.45) is 11.7 Å². The molecule has 0 aliphatic heterocycles. The van der Waals surface area contributed by atoms with E-state index in [0.717, 1.165) is 34.4 Å². The molecule has 0 radical (unpaired) electrons. The minimum absolute atomic E-state index is 0.0763. The second kappa shape index (κ2) is 7.25. The number of aromatic nitrogens is 1. The van der Waals surface area contributed by atoms with Crippen LogP contribution >= 0.6 is 11.3 Å². The summed E-state index contributed by atoms with van der Waals surface area (Å²) in [5.41, 5.74) is 8.48. The molecule has 0 saturated heterocycles. The fourth-order valence-corrected chi connectivity index (χ4v) is 4.10. The first-order valence-corrected chi connectivity index (χ1v) is 8.99. The Morgan fingerprint density at radius 3 is 2.91 bits per heavy atom. The molecule has 1 atom stereocenters. The number of nitrogens with zero attached hydrogens (tertiary/aromatic N) is 1. The summed E-state index contributed by atoms with van der Waals surface area (Å²) in [7, 11) is 1.69. The first-order chi connectivity index (χ1) is 10.8. The van der Waals surface area contributed by atoms with Gasteiger partial charge < -0.3 is 10.5 Å². The van der Waals surface area contributed by atoms with Crippen LogP contribution in [0, 0.1) is 5.92 Å². The van der Waals surface area contributed by atoms with Crippen molar-refractivity contribution in [1.29, 1.82) is 0 Å². The van der Waals surface area contributed by atoms with Gasteiger partial charge in [-0.1, -0.05) is 44.2 Å². The summed E-state index contributed by atoms with van der Waals surface area (Å²) in [6.07, 6.45) is 7.87. The van der Waals surface area contributed by atoms with Crippen LogP contribution < -0.4 is 10.5 Å². The predicted molar refractivity (Wildman–Crippen MR) is 92.2 cm³/mol. The largest absolute Gasteiger partial charge is 0.497 e. The molecular formula is C18H24N2OS. The van der Waals surface area contributed by atoms with Gasteiger partial charge in [0.05, 0.1) is 18.8 Å².